The smallest absolute Gasteiger partial charge is 0.170 e. The third-order valence-electron chi connectivity index (χ3n) is 3.05. The van der Waals surface area contributed by atoms with Gasteiger partial charge in [-0.1, -0.05) is 17.3 Å². The zero-order valence-electron chi connectivity index (χ0n) is 11.9. The lowest BCUT2D eigenvalue weighted by Gasteiger charge is -2.11. The molecule has 0 fully saturated rings. The second-order valence-corrected chi connectivity index (χ2v) is 4.90. The van der Waals surface area contributed by atoms with Crippen LogP contribution in [0.2, 0.25) is 0 Å². The van der Waals surface area contributed by atoms with E-state index in [-0.39, 0.29) is 12.4 Å². The van der Waals surface area contributed by atoms with Crippen LogP contribution in [0, 0.1) is 19.7 Å². The molecule has 0 aromatic heterocycles. The van der Waals surface area contributed by atoms with Gasteiger partial charge in [-0.25, -0.2) is 4.39 Å². The van der Waals surface area contributed by atoms with E-state index in [1.54, 1.807) is 6.07 Å². The van der Waals surface area contributed by atoms with E-state index >= 15 is 0 Å². The van der Waals surface area contributed by atoms with Crippen molar-refractivity contribution in [2.45, 2.75) is 20.5 Å². The second-order valence-electron chi connectivity index (χ2n) is 4.90. The molecule has 0 amide bonds. The van der Waals surface area contributed by atoms with Crippen LogP contribution < -0.4 is 10.5 Å². The predicted molar refractivity (Wildman–Crippen MR) is 79.2 cm³/mol. The summed E-state index contributed by atoms with van der Waals surface area (Å²) in [5.41, 5.74) is 8.72. The molecule has 0 aliphatic heterocycles. The molecule has 2 aromatic rings. The van der Waals surface area contributed by atoms with Crippen molar-refractivity contribution in [3.05, 3.63) is 64.5 Å². The summed E-state index contributed by atoms with van der Waals surface area (Å²) in [6.45, 7) is 4.17. The average molecular weight is 288 g/mol. The molecule has 0 saturated heterocycles. The number of nitrogens with zero attached hydrogens (tertiary/aromatic N) is 1. The van der Waals surface area contributed by atoms with Crippen molar-refractivity contribution < 1.29 is 14.3 Å². The molecule has 0 aliphatic rings. The molecule has 21 heavy (non-hydrogen) atoms. The second kappa shape index (κ2) is 6.26. The minimum absolute atomic E-state index is 0.145. The number of nitrogens with two attached hydrogens (primary N) is 1. The average Bonchev–Trinajstić information content (AvgIpc) is 2.44. The van der Waals surface area contributed by atoms with Gasteiger partial charge in [0.2, 0.25) is 0 Å². The number of benzene rings is 2. The van der Waals surface area contributed by atoms with E-state index in [4.69, 9.17) is 15.7 Å². The van der Waals surface area contributed by atoms with E-state index < -0.39 is 5.82 Å². The highest BCUT2D eigenvalue weighted by molar-refractivity contribution is 5.98. The lowest BCUT2D eigenvalue weighted by atomic mass is 10.1. The Balaban J connectivity index is 2.23. The number of hydrogen-bond donors (Lipinski definition) is 2. The fourth-order valence-corrected chi connectivity index (χ4v) is 2.14. The summed E-state index contributed by atoms with van der Waals surface area (Å²) < 4.78 is 19.0. The molecule has 3 N–H and O–H groups in total. The van der Waals surface area contributed by atoms with Crippen molar-refractivity contribution in [2.24, 2.45) is 10.9 Å². The van der Waals surface area contributed by atoms with Crippen molar-refractivity contribution >= 4 is 5.84 Å². The van der Waals surface area contributed by atoms with E-state index in [1.807, 2.05) is 32.0 Å². The van der Waals surface area contributed by atoms with Crippen LogP contribution in [0.15, 0.2) is 41.6 Å². The van der Waals surface area contributed by atoms with Gasteiger partial charge in [0.25, 0.3) is 0 Å². The number of ether oxygens (including phenoxy) is 1. The van der Waals surface area contributed by atoms with Crippen LogP contribution in [0.1, 0.15) is 22.3 Å². The molecule has 2 rings (SSSR count). The Morgan fingerprint density at radius 1 is 1.19 bits per heavy atom. The first-order valence-corrected chi connectivity index (χ1v) is 6.47. The molecule has 0 radical (unpaired) electrons. The van der Waals surface area contributed by atoms with Crippen LogP contribution in [0.4, 0.5) is 4.39 Å². The first-order valence-electron chi connectivity index (χ1n) is 6.47. The molecule has 0 saturated carbocycles. The van der Waals surface area contributed by atoms with Crippen molar-refractivity contribution in [3.8, 4) is 5.75 Å². The monoisotopic (exact) mass is 288 g/mol. The molecule has 110 valence electrons. The van der Waals surface area contributed by atoms with Crippen molar-refractivity contribution in [1.82, 2.24) is 0 Å². The van der Waals surface area contributed by atoms with Gasteiger partial charge in [-0.3, -0.25) is 0 Å². The molecule has 4 nitrogen and oxygen atoms in total. The van der Waals surface area contributed by atoms with Gasteiger partial charge < -0.3 is 15.7 Å². The number of hydrogen-bond acceptors (Lipinski definition) is 3. The Morgan fingerprint density at radius 3 is 2.48 bits per heavy atom. The highest BCUT2D eigenvalue weighted by Gasteiger charge is 2.09. The number of amidine groups is 1. The van der Waals surface area contributed by atoms with E-state index in [9.17, 15) is 4.39 Å². The molecule has 0 bridgehead atoms. The highest BCUT2D eigenvalue weighted by atomic mass is 19.1. The minimum atomic E-state index is -0.452. The number of halogens is 1. The molecule has 0 heterocycles. The van der Waals surface area contributed by atoms with Gasteiger partial charge in [0, 0.05) is 11.1 Å². The quantitative estimate of drug-likeness (QED) is 0.393. The number of rotatable bonds is 4. The van der Waals surface area contributed by atoms with Gasteiger partial charge in [-0.15, -0.1) is 0 Å². The molecule has 0 spiro atoms. The first-order chi connectivity index (χ1) is 9.99. The van der Waals surface area contributed by atoms with Crippen LogP contribution in [-0.2, 0) is 6.61 Å². The Morgan fingerprint density at radius 2 is 1.86 bits per heavy atom. The van der Waals surface area contributed by atoms with Crippen molar-refractivity contribution in [2.75, 3.05) is 0 Å². The zero-order chi connectivity index (χ0) is 15.4. The van der Waals surface area contributed by atoms with Gasteiger partial charge in [0.15, 0.2) is 5.84 Å². The summed E-state index contributed by atoms with van der Waals surface area (Å²) in [6.07, 6.45) is 0. The Labute approximate surface area is 122 Å². The number of oxime groups is 1. The maximum Gasteiger partial charge on any atom is 0.170 e. The Hall–Kier alpha value is -2.56. The molecule has 2 aromatic carbocycles. The van der Waals surface area contributed by atoms with E-state index in [2.05, 4.69) is 5.16 Å². The maximum atomic E-state index is 13.3. The fourth-order valence-electron chi connectivity index (χ4n) is 2.14. The van der Waals surface area contributed by atoms with Crippen LogP contribution >= 0.6 is 0 Å². The topological polar surface area (TPSA) is 67.8 Å². The zero-order valence-corrected chi connectivity index (χ0v) is 11.9. The van der Waals surface area contributed by atoms with Gasteiger partial charge >= 0.3 is 0 Å². The molecule has 5 heteroatoms. The minimum Gasteiger partial charge on any atom is -0.489 e. The van der Waals surface area contributed by atoms with Gasteiger partial charge in [-0.2, -0.15) is 0 Å². The third-order valence-corrected chi connectivity index (χ3v) is 3.05. The largest absolute Gasteiger partial charge is 0.489 e. The third kappa shape index (κ3) is 3.72. The predicted octanol–water partition coefficient (Wildman–Crippen LogP) is 3.12. The lowest BCUT2D eigenvalue weighted by Crippen LogP contribution is -2.17. The summed E-state index contributed by atoms with van der Waals surface area (Å²) in [7, 11) is 0. The van der Waals surface area contributed by atoms with E-state index in [0.29, 0.717) is 11.1 Å². The number of aryl methyl sites for hydroxylation is 2. The van der Waals surface area contributed by atoms with Gasteiger partial charge in [0.1, 0.15) is 18.2 Å². The molecular formula is C16H17FN2O2. The Bertz CT molecular complexity index is 664. The molecule has 0 unspecified atom stereocenters. The molecule has 0 aliphatic carbocycles. The summed E-state index contributed by atoms with van der Waals surface area (Å²) in [5.74, 6) is 0.127. The summed E-state index contributed by atoms with van der Waals surface area (Å²) >= 11 is 0. The maximum absolute atomic E-state index is 13.3. The summed E-state index contributed by atoms with van der Waals surface area (Å²) in [4.78, 5) is 0. The van der Waals surface area contributed by atoms with Crippen LogP contribution in [0.5, 0.6) is 5.75 Å². The van der Waals surface area contributed by atoms with Crippen molar-refractivity contribution in [3.63, 3.8) is 0 Å². The summed E-state index contributed by atoms with van der Waals surface area (Å²) in [5, 5.41) is 11.7. The molecule has 0 atom stereocenters. The SMILES string of the molecule is Cc1cc(C)cc(OCc2ccc(F)cc2C(N)=NO)c1. The van der Waals surface area contributed by atoms with Crippen LogP contribution in [0.3, 0.4) is 0 Å². The standard InChI is InChI=1S/C16H17FN2O2/c1-10-5-11(2)7-14(6-10)21-9-12-3-4-13(17)8-15(12)16(18)19-20/h3-8,20H,9H2,1-2H3,(H2,18,19). The first kappa shape index (κ1) is 14.8. The summed E-state index contributed by atoms with van der Waals surface area (Å²) in [6, 6.07) is 9.97. The van der Waals surface area contributed by atoms with Crippen molar-refractivity contribution in [1.29, 1.82) is 0 Å². The Kier molecular flexibility index (Phi) is 4.42. The van der Waals surface area contributed by atoms with Crippen LogP contribution in [0.25, 0.3) is 0 Å². The lowest BCUT2D eigenvalue weighted by molar-refractivity contribution is 0.304. The van der Waals surface area contributed by atoms with Gasteiger partial charge in [-0.05, 0) is 49.2 Å². The van der Waals surface area contributed by atoms with Crippen LogP contribution in [-0.4, -0.2) is 11.0 Å². The highest BCUT2D eigenvalue weighted by Crippen LogP contribution is 2.19. The van der Waals surface area contributed by atoms with E-state index in [1.165, 1.54) is 12.1 Å². The normalized spacial score (nSPS) is 11.5. The molecular weight excluding hydrogens is 271 g/mol. The fraction of sp³-hybridized carbons (Fsp3) is 0.188. The van der Waals surface area contributed by atoms with E-state index in [0.717, 1.165) is 16.9 Å². The van der Waals surface area contributed by atoms with Gasteiger partial charge in [0.05, 0.1) is 0 Å².